The van der Waals surface area contributed by atoms with Gasteiger partial charge in [0.05, 0.1) is 23.7 Å². The summed E-state index contributed by atoms with van der Waals surface area (Å²) >= 11 is 9.42. The van der Waals surface area contributed by atoms with E-state index >= 15 is 0 Å². The molecule has 0 spiro atoms. The Hall–Kier alpha value is -0.250. The molecule has 0 saturated carbocycles. The van der Waals surface area contributed by atoms with E-state index in [1.54, 1.807) is 0 Å². The summed E-state index contributed by atoms with van der Waals surface area (Å²) in [6.45, 7) is 8.39. The fourth-order valence-electron chi connectivity index (χ4n) is 1.39. The highest BCUT2D eigenvalue weighted by Crippen LogP contribution is 2.27. The molecule has 0 bridgehead atoms. The zero-order valence-electron chi connectivity index (χ0n) is 10.6. The maximum Gasteiger partial charge on any atom is 0.137 e. The molecule has 4 heteroatoms. The lowest BCUT2D eigenvalue weighted by atomic mass is 10.1. The van der Waals surface area contributed by atoms with Crippen LogP contribution in [0.15, 0.2) is 22.7 Å². The molecule has 0 radical (unpaired) electrons. The summed E-state index contributed by atoms with van der Waals surface area (Å²) in [5, 5.41) is 2.97. The zero-order chi connectivity index (χ0) is 12.9. The van der Waals surface area contributed by atoms with E-state index in [4.69, 9.17) is 16.3 Å². The predicted octanol–water partition coefficient (Wildman–Crippen LogP) is 3.23. The summed E-state index contributed by atoms with van der Waals surface area (Å²) in [5.74, 6) is 0.755. The van der Waals surface area contributed by atoms with Crippen LogP contribution in [0.1, 0.15) is 27.2 Å². The third kappa shape index (κ3) is 6.29. The maximum atomic E-state index is 6.05. The lowest BCUT2D eigenvalue weighted by Crippen LogP contribution is -2.94. The first kappa shape index (κ1) is 14.8. The minimum atomic E-state index is 0.287. The van der Waals surface area contributed by atoms with E-state index in [0.717, 1.165) is 23.2 Å². The SMILES string of the molecule is CC(C)(C)[NH2+]CCCOc1ccc(Br)cc1Cl. The van der Waals surface area contributed by atoms with Crippen LogP contribution in [0.4, 0.5) is 0 Å². The molecule has 0 saturated heterocycles. The maximum absolute atomic E-state index is 6.05. The molecule has 2 N–H and O–H groups in total. The number of nitrogens with two attached hydrogens (primary N) is 1. The number of ether oxygens (including phenoxy) is 1. The minimum Gasteiger partial charge on any atom is -0.492 e. The van der Waals surface area contributed by atoms with Crippen LogP contribution in [0.3, 0.4) is 0 Å². The molecule has 0 aliphatic heterocycles. The van der Waals surface area contributed by atoms with Crippen LogP contribution >= 0.6 is 27.5 Å². The van der Waals surface area contributed by atoms with Gasteiger partial charge in [-0.15, -0.1) is 0 Å². The first-order valence-corrected chi connectivity index (χ1v) is 6.98. The zero-order valence-corrected chi connectivity index (χ0v) is 12.9. The van der Waals surface area contributed by atoms with Gasteiger partial charge in [0.1, 0.15) is 5.75 Å². The van der Waals surface area contributed by atoms with Gasteiger partial charge in [0.25, 0.3) is 0 Å². The van der Waals surface area contributed by atoms with Crippen LogP contribution < -0.4 is 10.1 Å². The van der Waals surface area contributed by atoms with Crippen LogP contribution in [0.25, 0.3) is 0 Å². The van der Waals surface area contributed by atoms with E-state index in [1.807, 2.05) is 18.2 Å². The van der Waals surface area contributed by atoms with Gasteiger partial charge in [-0.1, -0.05) is 27.5 Å². The second-order valence-electron chi connectivity index (χ2n) is 5.14. The summed E-state index contributed by atoms with van der Waals surface area (Å²) in [7, 11) is 0. The Balaban J connectivity index is 2.27. The van der Waals surface area contributed by atoms with Crippen molar-refractivity contribution in [3.8, 4) is 5.75 Å². The molecule has 0 aromatic heterocycles. The van der Waals surface area contributed by atoms with Crippen molar-refractivity contribution in [2.45, 2.75) is 32.7 Å². The Morgan fingerprint density at radius 2 is 2.06 bits per heavy atom. The van der Waals surface area contributed by atoms with Crippen molar-refractivity contribution >= 4 is 27.5 Å². The van der Waals surface area contributed by atoms with Crippen molar-refractivity contribution in [3.05, 3.63) is 27.7 Å². The van der Waals surface area contributed by atoms with Gasteiger partial charge in [0, 0.05) is 10.9 Å². The molecule has 2 nitrogen and oxygen atoms in total. The van der Waals surface area contributed by atoms with Crippen LogP contribution in [0.5, 0.6) is 5.75 Å². The molecule has 0 aliphatic carbocycles. The van der Waals surface area contributed by atoms with E-state index in [0.29, 0.717) is 11.6 Å². The molecule has 0 fully saturated rings. The highest BCUT2D eigenvalue weighted by Gasteiger charge is 2.11. The third-order valence-electron chi connectivity index (χ3n) is 2.26. The Morgan fingerprint density at radius 1 is 1.35 bits per heavy atom. The summed E-state index contributed by atoms with van der Waals surface area (Å²) in [6, 6.07) is 5.67. The number of hydrogen-bond donors (Lipinski definition) is 1. The minimum absolute atomic E-state index is 0.287. The molecule has 1 rings (SSSR count). The molecular formula is C13H20BrClNO+. The van der Waals surface area contributed by atoms with E-state index in [1.165, 1.54) is 0 Å². The first-order valence-electron chi connectivity index (χ1n) is 5.81. The molecule has 96 valence electrons. The monoisotopic (exact) mass is 320 g/mol. The fourth-order valence-corrected chi connectivity index (χ4v) is 2.12. The lowest BCUT2D eigenvalue weighted by Gasteiger charge is -2.16. The van der Waals surface area contributed by atoms with E-state index in [-0.39, 0.29) is 5.54 Å². The number of quaternary nitrogens is 1. The van der Waals surface area contributed by atoms with E-state index in [2.05, 4.69) is 42.0 Å². The van der Waals surface area contributed by atoms with Gasteiger partial charge in [0.15, 0.2) is 0 Å². The van der Waals surface area contributed by atoms with Crippen LogP contribution in [-0.4, -0.2) is 18.7 Å². The van der Waals surface area contributed by atoms with Crippen molar-refractivity contribution in [1.82, 2.24) is 0 Å². The van der Waals surface area contributed by atoms with Crippen LogP contribution in [-0.2, 0) is 0 Å². The summed E-state index contributed by atoms with van der Waals surface area (Å²) in [4.78, 5) is 0. The Morgan fingerprint density at radius 3 is 2.65 bits per heavy atom. The normalized spacial score (nSPS) is 11.6. The molecule has 0 atom stereocenters. The van der Waals surface area contributed by atoms with Crippen molar-refractivity contribution in [2.75, 3.05) is 13.2 Å². The van der Waals surface area contributed by atoms with Crippen molar-refractivity contribution in [2.24, 2.45) is 0 Å². The van der Waals surface area contributed by atoms with Gasteiger partial charge in [-0.05, 0) is 39.0 Å². The van der Waals surface area contributed by atoms with Crippen LogP contribution in [0, 0.1) is 0 Å². The first-order chi connectivity index (χ1) is 7.88. The van der Waals surface area contributed by atoms with E-state index in [9.17, 15) is 0 Å². The van der Waals surface area contributed by atoms with Gasteiger partial charge < -0.3 is 10.1 Å². The predicted molar refractivity (Wildman–Crippen MR) is 75.8 cm³/mol. The summed E-state index contributed by atoms with van der Waals surface area (Å²) in [6.07, 6.45) is 1.02. The van der Waals surface area contributed by atoms with Crippen molar-refractivity contribution in [3.63, 3.8) is 0 Å². The Labute approximate surface area is 117 Å². The molecule has 0 aliphatic rings. The average Bonchev–Trinajstić information content (AvgIpc) is 2.18. The highest BCUT2D eigenvalue weighted by molar-refractivity contribution is 9.10. The number of rotatable bonds is 5. The summed E-state index contributed by atoms with van der Waals surface area (Å²) < 4.78 is 6.60. The molecule has 17 heavy (non-hydrogen) atoms. The van der Waals surface area contributed by atoms with Gasteiger partial charge in [-0.2, -0.15) is 0 Å². The topological polar surface area (TPSA) is 25.8 Å². The van der Waals surface area contributed by atoms with Gasteiger partial charge >= 0.3 is 0 Å². The van der Waals surface area contributed by atoms with Crippen molar-refractivity contribution in [1.29, 1.82) is 0 Å². The Bertz CT molecular complexity index is 363. The molecule has 0 heterocycles. The largest absolute Gasteiger partial charge is 0.492 e. The van der Waals surface area contributed by atoms with Gasteiger partial charge in [-0.3, -0.25) is 0 Å². The molecular weight excluding hydrogens is 302 g/mol. The highest BCUT2D eigenvalue weighted by atomic mass is 79.9. The van der Waals surface area contributed by atoms with Gasteiger partial charge in [0.2, 0.25) is 0 Å². The lowest BCUT2D eigenvalue weighted by molar-refractivity contribution is -0.717. The summed E-state index contributed by atoms with van der Waals surface area (Å²) in [5.41, 5.74) is 0.287. The number of halogens is 2. The van der Waals surface area contributed by atoms with Crippen LogP contribution in [0.2, 0.25) is 5.02 Å². The fraction of sp³-hybridized carbons (Fsp3) is 0.538. The number of hydrogen-bond acceptors (Lipinski definition) is 1. The van der Waals surface area contributed by atoms with E-state index < -0.39 is 0 Å². The molecule has 0 unspecified atom stereocenters. The molecule has 1 aromatic rings. The Kier molecular flexibility index (Phi) is 5.77. The average molecular weight is 322 g/mol. The second kappa shape index (κ2) is 6.62. The quantitative estimate of drug-likeness (QED) is 0.828. The standard InChI is InChI=1S/C13H19BrClNO/c1-13(2,3)16-7-4-8-17-12-6-5-10(14)9-11(12)15/h5-6,9,16H,4,7-8H2,1-3H3/p+1. The smallest absolute Gasteiger partial charge is 0.137 e. The third-order valence-corrected chi connectivity index (χ3v) is 3.05. The number of benzene rings is 1. The molecule has 0 amide bonds. The van der Waals surface area contributed by atoms with Gasteiger partial charge in [-0.25, -0.2) is 0 Å². The van der Waals surface area contributed by atoms with Crippen molar-refractivity contribution < 1.29 is 10.1 Å². The second-order valence-corrected chi connectivity index (χ2v) is 6.46. The molecule has 1 aromatic carbocycles.